The van der Waals surface area contributed by atoms with Gasteiger partial charge in [-0.1, -0.05) is 13.8 Å². The molecule has 1 amide bonds. The van der Waals surface area contributed by atoms with E-state index in [0.29, 0.717) is 11.0 Å². The quantitative estimate of drug-likeness (QED) is 0.668. The predicted octanol–water partition coefficient (Wildman–Crippen LogP) is 1.41. The van der Waals surface area contributed by atoms with E-state index in [2.05, 4.69) is 29.8 Å². The lowest BCUT2D eigenvalue weighted by atomic mass is 10.1. The van der Waals surface area contributed by atoms with Gasteiger partial charge >= 0.3 is 0 Å². The smallest absolute Gasteiger partial charge is 0.242 e. The normalized spacial score (nSPS) is 13.1. The Labute approximate surface area is 110 Å². The van der Waals surface area contributed by atoms with Gasteiger partial charge in [-0.05, 0) is 45.8 Å². The number of hydrogen-bond acceptors (Lipinski definition) is 2. The van der Waals surface area contributed by atoms with Crippen molar-refractivity contribution in [2.45, 2.75) is 53.1 Å². The van der Waals surface area contributed by atoms with Crippen molar-refractivity contribution in [1.82, 2.24) is 16.0 Å². The van der Waals surface area contributed by atoms with E-state index in [4.69, 9.17) is 12.2 Å². The minimum Gasteiger partial charge on any atom is -0.362 e. The van der Waals surface area contributed by atoms with Crippen LogP contribution in [-0.2, 0) is 4.79 Å². The van der Waals surface area contributed by atoms with Gasteiger partial charge in [-0.25, -0.2) is 0 Å². The van der Waals surface area contributed by atoms with Crippen molar-refractivity contribution < 1.29 is 4.79 Å². The zero-order valence-corrected chi connectivity index (χ0v) is 12.5. The lowest BCUT2D eigenvalue weighted by molar-refractivity contribution is -0.123. The van der Waals surface area contributed by atoms with Crippen LogP contribution in [0.2, 0.25) is 0 Å². The van der Waals surface area contributed by atoms with Crippen LogP contribution in [-0.4, -0.2) is 29.1 Å². The molecule has 0 aromatic heterocycles. The molecular formula is C12H25N3OS. The van der Waals surface area contributed by atoms with Gasteiger partial charge in [0.1, 0.15) is 6.04 Å². The van der Waals surface area contributed by atoms with Crippen LogP contribution in [0.25, 0.3) is 0 Å². The molecule has 0 aliphatic carbocycles. The van der Waals surface area contributed by atoms with Crippen molar-refractivity contribution in [3.63, 3.8) is 0 Å². The first kappa shape index (κ1) is 16.2. The summed E-state index contributed by atoms with van der Waals surface area (Å²) in [6, 6.07) is -0.332. The highest BCUT2D eigenvalue weighted by Crippen LogP contribution is 1.99. The van der Waals surface area contributed by atoms with Gasteiger partial charge in [-0.15, -0.1) is 0 Å². The highest BCUT2D eigenvalue weighted by Gasteiger charge is 2.19. The average molecular weight is 259 g/mol. The monoisotopic (exact) mass is 259 g/mol. The van der Waals surface area contributed by atoms with Crippen molar-refractivity contribution in [1.29, 1.82) is 0 Å². The Morgan fingerprint density at radius 1 is 1.24 bits per heavy atom. The summed E-state index contributed by atoms with van der Waals surface area (Å²) in [7, 11) is 0. The third kappa shape index (κ3) is 8.92. The minimum absolute atomic E-state index is 0.0498. The second kappa shape index (κ2) is 6.79. The maximum absolute atomic E-state index is 11.8. The summed E-state index contributed by atoms with van der Waals surface area (Å²) in [4.78, 5) is 11.8. The number of hydrogen-bond donors (Lipinski definition) is 3. The van der Waals surface area contributed by atoms with Crippen molar-refractivity contribution in [3.05, 3.63) is 0 Å². The summed E-state index contributed by atoms with van der Waals surface area (Å²) in [5, 5.41) is 9.46. The molecule has 0 heterocycles. The molecule has 0 radical (unpaired) electrons. The van der Waals surface area contributed by atoms with Crippen LogP contribution in [0.4, 0.5) is 0 Å². The van der Waals surface area contributed by atoms with E-state index in [1.807, 2.05) is 20.8 Å². The fourth-order valence-corrected chi connectivity index (χ4v) is 1.35. The molecule has 0 rings (SSSR count). The van der Waals surface area contributed by atoms with Gasteiger partial charge in [-0.2, -0.15) is 0 Å². The number of nitrogens with one attached hydrogen (secondary N) is 3. The number of thiocarbonyl (C=S) groups is 1. The van der Waals surface area contributed by atoms with E-state index in [1.54, 1.807) is 6.92 Å². The maximum Gasteiger partial charge on any atom is 0.242 e. The Morgan fingerprint density at radius 2 is 1.76 bits per heavy atom. The molecule has 3 N–H and O–H groups in total. The third-order valence-corrected chi connectivity index (χ3v) is 2.17. The Hall–Kier alpha value is -0.840. The van der Waals surface area contributed by atoms with E-state index < -0.39 is 0 Å². The van der Waals surface area contributed by atoms with Crippen LogP contribution in [0.3, 0.4) is 0 Å². The van der Waals surface area contributed by atoms with Crippen LogP contribution in [0, 0.1) is 5.92 Å². The van der Waals surface area contributed by atoms with Gasteiger partial charge in [0.15, 0.2) is 5.11 Å². The van der Waals surface area contributed by atoms with Crippen molar-refractivity contribution >= 4 is 23.2 Å². The Morgan fingerprint density at radius 3 is 2.18 bits per heavy atom. The van der Waals surface area contributed by atoms with Crippen LogP contribution >= 0.6 is 12.2 Å². The molecule has 1 atom stereocenters. The Kier molecular flexibility index (Phi) is 6.45. The zero-order valence-electron chi connectivity index (χ0n) is 11.7. The van der Waals surface area contributed by atoms with E-state index in [1.165, 1.54) is 0 Å². The molecule has 0 saturated heterocycles. The van der Waals surface area contributed by atoms with Gasteiger partial charge in [0.2, 0.25) is 5.91 Å². The molecule has 0 fully saturated rings. The first-order valence-corrected chi connectivity index (χ1v) is 6.39. The molecule has 5 heteroatoms. The van der Waals surface area contributed by atoms with Crippen LogP contribution in [0.15, 0.2) is 0 Å². The number of carbonyl (C=O) groups is 1. The fraction of sp³-hybridized carbons (Fsp3) is 0.833. The summed E-state index contributed by atoms with van der Waals surface area (Å²) in [5.74, 6) is 0.472. The molecule has 0 spiro atoms. The number of carbonyl (C=O) groups excluding carboxylic acids is 1. The molecule has 0 saturated carbocycles. The molecule has 0 aliphatic heterocycles. The molecule has 1 unspecified atom stereocenters. The van der Waals surface area contributed by atoms with Crippen molar-refractivity contribution in [2.75, 3.05) is 6.54 Å². The van der Waals surface area contributed by atoms with Crippen molar-refractivity contribution in [2.24, 2.45) is 5.92 Å². The highest BCUT2D eigenvalue weighted by atomic mass is 32.1. The van der Waals surface area contributed by atoms with E-state index in [0.717, 1.165) is 6.54 Å². The summed E-state index contributed by atoms with van der Waals surface area (Å²) in [5.41, 5.74) is -0.222. The lowest BCUT2D eigenvalue weighted by Gasteiger charge is -2.24. The van der Waals surface area contributed by atoms with Gasteiger partial charge < -0.3 is 16.0 Å². The fourth-order valence-electron chi connectivity index (χ4n) is 1.09. The average Bonchev–Trinajstić information content (AvgIpc) is 2.11. The highest BCUT2D eigenvalue weighted by molar-refractivity contribution is 7.80. The largest absolute Gasteiger partial charge is 0.362 e. The zero-order chi connectivity index (χ0) is 13.6. The summed E-state index contributed by atoms with van der Waals surface area (Å²) >= 11 is 5.11. The van der Waals surface area contributed by atoms with Gasteiger partial charge in [0, 0.05) is 12.1 Å². The van der Waals surface area contributed by atoms with Gasteiger partial charge in [0.05, 0.1) is 0 Å². The van der Waals surface area contributed by atoms with Crippen LogP contribution in [0.1, 0.15) is 41.5 Å². The van der Waals surface area contributed by atoms with Gasteiger partial charge in [0.25, 0.3) is 0 Å². The maximum atomic E-state index is 11.8. The van der Waals surface area contributed by atoms with Gasteiger partial charge in [-0.3, -0.25) is 4.79 Å². The van der Waals surface area contributed by atoms with Crippen LogP contribution < -0.4 is 16.0 Å². The molecule has 0 aromatic rings. The first-order valence-electron chi connectivity index (χ1n) is 5.98. The Balaban J connectivity index is 4.04. The summed E-state index contributed by atoms with van der Waals surface area (Å²) < 4.78 is 0. The molecule has 0 bridgehead atoms. The summed E-state index contributed by atoms with van der Waals surface area (Å²) in [6.45, 7) is 12.7. The number of rotatable bonds is 4. The predicted molar refractivity (Wildman–Crippen MR) is 75.9 cm³/mol. The lowest BCUT2D eigenvalue weighted by Crippen LogP contribution is -2.52. The van der Waals surface area contributed by atoms with E-state index in [9.17, 15) is 4.79 Å². The molecule has 0 aromatic carbocycles. The molecule has 0 aliphatic rings. The minimum atomic E-state index is -0.332. The molecule has 4 nitrogen and oxygen atoms in total. The van der Waals surface area contributed by atoms with Crippen molar-refractivity contribution in [3.8, 4) is 0 Å². The standard InChI is InChI=1S/C12H25N3OS/c1-8(2)7-13-11(17)14-9(3)10(16)15-12(4,5)6/h8-9H,7H2,1-6H3,(H,15,16)(H2,13,14,17). The van der Waals surface area contributed by atoms with E-state index in [-0.39, 0.29) is 17.5 Å². The first-order chi connectivity index (χ1) is 7.61. The second-order valence-corrected chi connectivity index (χ2v) is 6.12. The third-order valence-electron chi connectivity index (χ3n) is 1.91. The second-order valence-electron chi connectivity index (χ2n) is 5.71. The van der Waals surface area contributed by atoms with Crippen LogP contribution in [0.5, 0.6) is 0 Å². The molecule has 17 heavy (non-hydrogen) atoms. The SMILES string of the molecule is CC(C)CNC(=S)NC(C)C(=O)NC(C)(C)C. The molecular weight excluding hydrogens is 234 g/mol. The summed E-state index contributed by atoms with van der Waals surface area (Å²) in [6.07, 6.45) is 0. The molecule has 100 valence electrons. The Bertz CT molecular complexity index is 271. The number of amides is 1. The van der Waals surface area contributed by atoms with E-state index >= 15 is 0 Å². The topological polar surface area (TPSA) is 53.2 Å².